The van der Waals surface area contributed by atoms with Crippen molar-refractivity contribution in [3.05, 3.63) is 33.8 Å². The molecule has 2 aliphatic heterocycles. The Morgan fingerprint density at radius 1 is 1.12 bits per heavy atom. The first kappa shape index (κ1) is 21.7. The molecule has 170 valence electrons. The lowest BCUT2D eigenvalue weighted by Gasteiger charge is -2.36. The topological polar surface area (TPSA) is 76.3 Å². The van der Waals surface area contributed by atoms with Gasteiger partial charge in [-0.05, 0) is 57.2 Å². The minimum Gasteiger partial charge on any atom is -0.380 e. The van der Waals surface area contributed by atoms with Crippen LogP contribution in [-0.2, 0) is 4.74 Å². The molecule has 2 saturated heterocycles. The minimum atomic E-state index is -0.346. The van der Waals surface area contributed by atoms with Crippen molar-refractivity contribution < 1.29 is 13.7 Å². The molecule has 1 unspecified atom stereocenters. The van der Waals surface area contributed by atoms with E-state index in [0.717, 1.165) is 62.1 Å². The van der Waals surface area contributed by atoms with Gasteiger partial charge >= 0.3 is 0 Å². The summed E-state index contributed by atoms with van der Waals surface area (Å²) >= 11 is 3.40. The van der Waals surface area contributed by atoms with Gasteiger partial charge < -0.3 is 19.5 Å². The fourth-order valence-corrected chi connectivity index (χ4v) is 5.21. The fraction of sp³-hybridized carbons (Fsp3) is 0.522. The molecular formula is C23H27BrFN5O2. The van der Waals surface area contributed by atoms with E-state index in [1.165, 1.54) is 12.5 Å². The van der Waals surface area contributed by atoms with Crippen LogP contribution in [0.2, 0.25) is 0 Å². The summed E-state index contributed by atoms with van der Waals surface area (Å²) in [6, 6.07) is 4.23. The summed E-state index contributed by atoms with van der Waals surface area (Å²) in [5.41, 5.74) is 2.02. The third-order valence-corrected chi connectivity index (χ3v) is 6.87. The number of anilines is 1. The molecule has 3 aromatic rings. The van der Waals surface area contributed by atoms with E-state index < -0.39 is 0 Å². The van der Waals surface area contributed by atoms with Gasteiger partial charge in [-0.25, -0.2) is 9.37 Å². The van der Waals surface area contributed by atoms with E-state index in [9.17, 15) is 4.39 Å². The molecule has 4 heterocycles. The maximum atomic E-state index is 14.9. The number of hydrogen-bond acceptors (Lipinski definition) is 7. The number of aryl methyl sites for hydroxylation is 2. The molecule has 9 heteroatoms. The van der Waals surface area contributed by atoms with E-state index in [1.54, 1.807) is 6.92 Å². The van der Waals surface area contributed by atoms with E-state index in [4.69, 9.17) is 14.2 Å². The van der Waals surface area contributed by atoms with E-state index in [1.807, 2.05) is 13.0 Å². The van der Waals surface area contributed by atoms with Crippen LogP contribution in [-0.4, -0.2) is 53.5 Å². The molecule has 2 fully saturated rings. The zero-order valence-electron chi connectivity index (χ0n) is 18.3. The molecule has 0 saturated carbocycles. The van der Waals surface area contributed by atoms with Gasteiger partial charge in [0.1, 0.15) is 11.3 Å². The van der Waals surface area contributed by atoms with Crippen LogP contribution in [0.15, 0.2) is 21.1 Å². The number of aromatic nitrogens is 3. The molecule has 2 aliphatic rings. The third kappa shape index (κ3) is 4.25. The van der Waals surface area contributed by atoms with Crippen LogP contribution >= 0.6 is 15.9 Å². The molecule has 1 N–H and O–H groups in total. The predicted octanol–water partition coefficient (Wildman–Crippen LogP) is 4.54. The molecule has 2 aromatic heterocycles. The van der Waals surface area contributed by atoms with Gasteiger partial charge in [-0.1, -0.05) is 21.1 Å². The average molecular weight is 504 g/mol. The smallest absolute Gasteiger partial charge is 0.261 e. The summed E-state index contributed by atoms with van der Waals surface area (Å²) in [4.78, 5) is 11.5. The summed E-state index contributed by atoms with van der Waals surface area (Å²) in [5.74, 6) is 1.34. The Bertz CT molecular complexity index is 1120. The van der Waals surface area contributed by atoms with Gasteiger partial charge in [0.15, 0.2) is 11.6 Å². The van der Waals surface area contributed by atoms with Gasteiger partial charge in [-0.15, -0.1) is 0 Å². The molecule has 7 nitrogen and oxygen atoms in total. The van der Waals surface area contributed by atoms with Crippen molar-refractivity contribution in [1.82, 2.24) is 20.4 Å². The van der Waals surface area contributed by atoms with Crippen LogP contribution in [0, 0.1) is 19.7 Å². The molecule has 0 aliphatic carbocycles. The van der Waals surface area contributed by atoms with Crippen molar-refractivity contribution in [2.75, 3.05) is 31.2 Å². The zero-order valence-corrected chi connectivity index (χ0v) is 19.9. The summed E-state index contributed by atoms with van der Waals surface area (Å²) in [5, 5.41) is 8.47. The summed E-state index contributed by atoms with van der Waals surface area (Å²) < 4.78 is 26.7. The summed E-state index contributed by atoms with van der Waals surface area (Å²) in [7, 11) is 0. The number of rotatable bonds is 4. The highest BCUT2D eigenvalue weighted by Crippen LogP contribution is 2.38. The number of pyridine rings is 1. The monoisotopic (exact) mass is 503 g/mol. The molecule has 1 atom stereocenters. The number of nitrogens with zero attached hydrogens (tertiary/aromatic N) is 4. The number of fused-ring (bicyclic) bond motifs is 1. The Balaban J connectivity index is 1.47. The number of halogens is 2. The van der Waals surface area contributed by atoms with Crippen LogP contribution in [0.25, 0.3) is 22.4 Å². The lowest BCUT2D eigenvalue weighted by molar-refractivity contribution is 0.0650. The Labute approximate surface area is 194 Å². The van der Waals surface area contributed by atoms with Gasteiger partial charge in [0.2, 0.25) is 0 Å². The van der Waals surface area contributed by atoms with Crippen LogP contribution in [0.4, 0.5) is 10.2 Å². The largest absolute Gasteiger partial charge is 0.380 e. The molecule has 5 rings (SSSR count). The lowest BCUT2D eigenvalue weighted by Crippen LogP contribution is -2.48. The van der Waals surface area contributed by atoms with Crippen molar-refractivity contribution >= 4 is 32.7 Å². The van der Waals surface area contributed by atoms with Gasteiger partial charge in [0, 0.05) is 41.6 Å². The Morgan fingerprint density at radius 3 is 2.62 bits per heavy atom. The Hall–Kier alpha value is -2.10. The number of piperidine rings is 1. The average Bonchev–Trinajstić information content (AvgIpc) is 3.21. The Kier molecular flexibility index (Phi) is 6.14. The van der Waals surface area contributed by atoms with Crippen molar-refractivity contribution in [2.24, 2.45) is 0 Å². The highest BCUT2D eigenvalue weighted by Gasteiger charge is 2.28. The number of ether oxygens (including phenoxy) is 1. The molecular weight excluding hydrogens is 477 g/mol. The summed E-state index contributed by atoms with van der Waals surface area (Å²) in [6.07, 6.45) is 4.26. The van der Waals surface area contributed by atoms with E-state index >= 15 is 0 Å². The number of nitrogens with one attached hydrogen (secondary N) is 1. The third-order valence-electron chi connectivity index (χ3n) is 6.42. The van der Waals surface area contributed by atoms with E-state index in [2.05, 4.69) is 36.3 Å². The van der Waals surface area contributed by atoms with Crippen LogP contribution in [0.1, 0.15) is 37.1 Å². The molecule has 0 radical (unpaired) electrons. The summed E-state index contributed by atoms with van der Waals surface area (Å²) in [6.45, 7) is 7.06. The second-order valence-corrected chi connectivity index (χ2v) is 9.62. The second kappa shape index (κ2) is 9.03. The van der Waals surface area contributed by atoms with Crippen molar-refractivity contribution in [1.29, 1.82) is 0 Å². The lowest BCUT2D eigenvalue weighted by atomic mass is 9.99. The SMILES string of the molecule is Cc1noc(-c2c(N3CCC(NC4CCCOC4)CC3)nc3c(F)cc(Br)cc3c2C)n1. The van der Waals surface area contributed by atoms with Gasteiger partial charge in [0.25, 0.3) is 5.89 Å². The van der Waals surface area contributed by atoms with E-state index in [-0.39, 0.29) is 5.82 Å². The minimum absolute atomic E-state index is 0.346. The van der Waals surface area contributed by atoms with E-state index in [0.29, 0.717) is 39.6 Å². The molecule has 0 bridgehead atoms. The van der Waals surface area contributed by atoms with Crippen LogP contribution < -0.4 is 10.2 Å². The number of hydrogen-bond donors (Lipinski definition) is 1. The highest BCUT2D eigenvalue weighted by molar-refractivity contribution is 9.10. The quantitative estimate of drug-likeness (QED) is 0.559. The maximum Gasteiger partial charge on any atom is 0.261 e. The highest BCUT2D eigenvalue weighted by atomic mass is 79.9. The van der Waals surface area contributed by atoms with Crippen molar-refractivity contribution in [3.8, 4) is 11.5 Å². The fourth-order valence-electron chi connectivity index (χ4n) is 4.78. The normalized spacial score (nSPS) is 20.2. The van der Waals surface area contributed by atoms with Gasteiger partial charge in [0.05, 0.1) is 12.2 Å². The van der Waals surface area contributed by atoms with Gasteiger partial charge in [-0.2, -0.15) is 4.98 Å². The predicted molar refractivity (Wildman–Crippen MR) is 124 cm³/mol. The first-order valence-corrected chi connectivity index (χ1v) is 12.0. The van der Waals surface area contributed by atoms with Crippen molar-refractivity contribution in [3.63, 3.8) is 0 Å². The second-order valence-electron chi connectivity index (χ2n) is 8.71. The van der Waals surface area contributed by atoms with Crippen LogP contribution in [0.5, 0.6) is 0 Å². The molecule has 0 spiro atoms. The maximum absolute atomic E-state index is 14.9. The zero-order chi connectivity index (χ0) is 22.2. The van der Waals surface area contributed by atoms with Gasteiger partial charge in [-0.3, -0.25) is 0 Å². The number of benzene rings is 1. The first-order chi connectivity index (χ1) is 15.5. The van der Waals surface area contributed by atoms with Crippen LogP contribution in [0.3, 0.4) is 0 Å². The first-order valence-electron chi connectivity index (χ1n) is 11.2. The Morgan fingerprint density at radius 2 is 1.94 bits per heavy atom. The van der Waals surface area contributed by atoms with Crippen molar-refractivity contribution in [2.45, 2.75) is 51.6 Å². The molecule has 32 heavy (non-hydrogen) atoms. The molecule has 1 aromatic carbocycles. The standard InChI is InChI=1S/C23H27BrFN5O2/c1-13-18-10-15(24)11-19(25)21(18)28-22(20(13)23-26-14(2)29-32-23)30-7-5-16(6-8-30)27-17-4-3-9-31-12-17/h10-11,16-17,27H,3-9,12H2,1-2H3. The molecule has 0 amide bonds.